The summed E-state index contributed by atoms with van der Waals surface area (Å²) in [6.07, 6.45) is 91.1. The van der Waals surface area contributed by atoms with Crippen molar-refractivity contribution in [1.82, 2.24) is 0 Å². The third-order valence-corrected chi connectivity index (χ3v) is 16.3. The van der Waals surface area contributed by atoms with E-state index in [1.165, 1.54) is 225 Å². The van der Waals surface area contributed by atoms with Crippen molar-refractivity contribution in [2.45, 2.75) is 341 Å². The van der Waals surface area contributed by atoms with Gasteiger partial charge in [0.15, 0.2) is 6.10 Å². The molecule has 0 aromatic heterocycles. The third-order valence-electron chi connectivity index (χ3n) is 15.3. The maximum absolute atomic E-state index is 12.8. The van der Waals surface area contributed by atoms with Gasteiger partial charge in [0.2, 0.25) is 0 Å². The maximum atomic E-state index is 12.8. The summed E-state index contributed by atoms with van der Waals surface area (Å²) in [6.45, 7) is 3.68. The van der Waals surface area contributed by atoms with Crippen molar-refractivity contribution in [2.75, 3.05) is 26.4 Å². The molecule has 0 aromatic carbocycles. The smallest absolute Gasteiger partial charge is 0.462 e. The third kappa shape index (κ3) is 68.2. The molecule has 10 heteroatoms. The van der Waals surface area contributed by atoms with Gasteiger partial charge in [-0.15, -0.1) is 0 Å². The number of allylic oxidation sites excluding steroid dienone is 14. The van der Waals surface area contributed by atoms with Crippen molar-refractivity contribution in [3.63, 3.8) is 0 Å². The Bertz CT molecular complexity index is 1640. The van der Waals surface area contributed by atoms with E-state index in [0.717, 1.165) is 77.0 Å². The molecule has 83 heavy (non-hydrogen) atoms. The van der Waals surface area contributed by atoms with Crippen molar-refractivity contribution in [3.05, 3.63) is 85.1 Å². The Labute approximate surface area is 513 Å². The van der Waals surface area contributed by atoms with Crippen LogP contribution >= 0.6 is 7.82 Å². The predicted octanol–water partition coefficient (Wildman–Crippen LogP) is 23.0. The molecule has 0 fully saturated rings. The van der Waals surface area contributed by atoms with E-state index in [9.17, 15) is 19.0 Å². The van der Waals surface area contributed by atoms with Crippen molar-refractivity contribution < 1.29 is 37.6 Å². The Balaban J connectivity index is 3.81. The lowest BCUT2D eigenvalue weighted by atomic mass is 10.0. The molecule has 2 unspecified atom stereocenters. The van der Waals surface area contributed by atoms with Gasteiger partial charge in [0, 0.05) is 19.4 Å². The number of carbonyl (C=O) groups excluding carboxylic acids is 2. The molecule has 2 atom stereocenters. The molecule has 0 rings (SSSR count). The highest BCUT2D eigenvalue weighted by Crippen LogP contribution is 2.43. The van der Waals surface area contributed by atoms with E-state index >= 15 is 0 Å². The topological polar surface area (TPSA) is 134 Å². The molecule has 0 bridgehead atoms. The Morgan fingerprint density at radius 2 is 0.663 bits per heavy atom. The van der Waals surface area contributed by atoms with Crippen molar-refractivity contribution in [2.24, 2.45) is 5.73 Å². The molecule has 9 nitrogen and oxygen atoms in total. The molecular formula is C73H132NO8P. The molecular weight excluding hydrogens is 1050 g/mol. The molecule has 0 saturated heterocycles. The van der Waals surface area contributed by atoms with Gasteiger partial charge in [0.1, 0.15) is 6.61 Å². The Morgan fingerprint density at radius 1 is 0.373 bits per heavy atom. The quantitative estimate of drug-likeness (QED) is 0.0264. The summed E-state index contributed by atoms with van der Waals surface area (Å²) in [5.74, 6) is -0.810. The average Bonchev–Trinajstić information content (AvgIpc) is 3.49. The van der Waals surface area contributed by atoms with Gasteiger partial charge >= 0.3 is 19.8 Å². The highest BCUT2D eigenvalue weighted by Gasteiger charge is 2.26. The molecule has 0 amide bonds. The van der Waals surface area contributed by atoms with Crippen molar-refractivity contribution in [3.8, 4) is 0 Å². The SMILES string of the molecule is CC/C=C\C/C=C\C/C=C\C/C=C\C/C=C\C/C=C\C/C=C\CCCCCCCCCCCCCCCCCCCCCC(=O)OC(COC(=O)CCCCCCCCCCCCCCCCCCCCCCC)COP(=O)(O)OCCN. The highest BCUT2D eigenvalue weighted by atomic mass is 31.2. The normalized spacial score (nSPS) is 13.4. The van der Waals surface area contributed by atoms with Crippen LogP contribution in [0.1, 0.15) is 335 Å². The summed E-state index contributed by atoms with van der Waals surface area (Å²) in [7, 11) is -4.39. The number of ether oxygens (including phenoxy) is 2. The minimum atomic E-state index is -4.39. The van der Waals surface area contributed by atoms with E-state index in [4.69, 9.17) is 24.3 Å². The summed E-state index contributed by atoms with van der Waals surface area (Å²) in [5.41, 5.74) is 5.40. The van der Waals surface area contributed by atoms with E-state index in [1.54, 1.807) is 0 Å². The minimum absolute atomic E-state index is 0.0542. The number of hydrogen-bond donors (Lipinski definition) is 2. The number of carbonyl (C=O) groups is 2. The van der Waals surface area contributed by atoms with Gasteiger partial charge in [-0.3, -0.25) is 18.6 Å². The standard InChI is InChI=1S/C73H132NO8P/c1-3-5-7-9-11-13-15-17-19-21-23-25-26-27-28-29-30-31-32-33-34-35-36-37-38-39-40-41-42-43-44-46-48-50-52-54-56-58-60-62-64-66-73(76)82-71(70-81-83(77,78)80-68-67-74)69-79-72(75)65-63-61-59-57-55-53-51-49-47-45-24-22-20-18-16-14-12-10-8-6-4-2/h5,7,11,13,17,19,23,25,27-28,30-31,33-34,71H,3-4,6,8-10,12,14-16,18,20-22,24,26,29,32,35-70,74H2,1-2H3,(H,77,78)/b7-5-,13-11-,19-17-,25-23-,28-27-,31-30-,34-33-. The van der Waals surface area contributed by atoms with Crippen LogP contribution in [0, 0.1) is 0 Å². The summed E-state index contributed by atoms with van der Waals surface area (Å²) in [4.78, 5) is 35.3. The molecule has 0 saturated carbocycles. The lowest BCUT2D eigenvalue weighted by Crippen LogP contribution is -2.29. The van der Waals surface area contributed by atoms with Gasteiger partial charge in [-0.05, 0) is 70.6 Å². The number of nitrogens with two attached hydrogens (primary N) is 1. The summed E-state index contributed by atoms with van der Waals surface area (Å²) < 4.78 is 33.2. The molecule has 0 heterocycles. The fraction of sp³-hybridized carbons (Fsp3) is 0.781. The zero-order chi connectivity index (χ0) is 60.1. The zero-order valence-electron chi connectivity index (χ0n) is 54.2. The highest BCUT2D eigenvalue weighted by molar-refractivity contribution is 7.47. The Morgan fingerprint density at radius 3 is 0.988 bits per heavy atom. The second kappa shape index (κ2) is 68.3. The summed E-state index contributed by atoms with van der Waals surface area (Å²) in [6, 6.07) is 0. The fourth-order valence-electron chi connectivity index (χ4n) is 10.2. The van der Waals surface area contributed by atoms with E-state index in [1.807, 2.05) is 0 Å². The van der Waals surface area contributed by atoms with E-state index < -0.39 is 26.5 Å². The van der Waals surface area contributed by atoms with Gasteiger partial charge < -0.3 is 20.1 Å². The van der Waals surface area contributed by atoms with Crippen molar-refractivity contribution >= 4 is 19.8 Å². The molecule has 3 N–H and O–H groups in total. The van der Waals surface area contributed by atoms with E-state index in [2.05, 4.69) is 98.9 Å². The number of phosphoric ester groups is 1. The molecule has 0 aliphatic heterocycles. The van der Waals surface area contributed by atoms with Crippen LogP contribution in [0.2, 0.25) is 0 Å². The van der Waals surface area contributed by atoms with E-state index in [-0.39, 0.29) is 38.6 Å². The lowest BCUT2D eigenvalue weighted by molar-refractivity contribution is -0.161. The first-order chi connectivity index (χ1) is 40.8. The molecule has 0 aliphatic carbocycles. The lowest BCUT2D eigenvalue weighted by Gasteiger charge is -2.19. The zero-order valence-corrected chi connectivity index (χ0v) is 55.1. The first-order valence-electron chi connectivity index (χ1n) is 35.1. The van der Waals surface area contributed by atoms with Crippen LogP contribution in [0.4, 0.5) is 0 Å². The second-order valence-electron chi connectivity index (χ2n) is 23.4. The van der Waals surface area contributed by atoms with Gasteiger partial charge in [0.25, 0.3) is 0 Å². The van der Waals surface area contributed by atoms with Crippen LogP contribution in [0.15, 0.2) is 85.1 Å². The van der Waals surface area contributed by atoms with Gasteiger partial charge in [-0.1, -0.05) is 336 Å². The molecule has 482 valence electrons. The van der Waals surface area contributed by atoms with Crippen LogP contribution in [0.25, 0.3) is 0 Å². The number of rotatable bonds is 66. The maximum Gasteiger partial charge on any atom is 0.472 e. The summed E-state index contributed by atoms with van der Waals surface area (Å²) >= 11 is 0. The fourth-order valence-corrected chi connectivity index (χ4v) is 10.9. The first-order valence-corrected chi connectivity index (χ1v) is 36.6. The Hall–Kier alpha value is -2.81. The number of phosphoric acid groups is 1. The van der Waals surface area contributed by atoms with E-state index in [0.29, 0.717) is 6.42 Å². The van der Waals surface area contributed by atoms with Gasteiger partial charge in [0.05, 0.1) is 13.2 Å². The number of hydrogen-bond acceptors (Lipinski definition) is 8. The largest absolute Gasteiger partial charge is 0.472 e. The summed E-state index contributed by atoms with van der Waals surface area (Å²) in [5, 5.41) is 0. The number of unbranched alkanes of at least 4 members (excludes halogenated alkanes) is 39. The Kier molecular flexibility index (Phi) is 66.0. The van der Waals surface area contributed by atoms with Crippen LogP contribution in [-0.4, -0.2) is 49.3 Å². The average molecular weight is 1180 g/mol. The van der Waals surface area contributed by atoms with Crippen LogP contribution in [-0.2, 0) is 32.7 Å². The van der Waals surface area contributed by atoms with Crippen LogP contribution < -0.4 is 5.73 Å². The monoisotopic (exact) mass is 1180 g/mol. The molecule has 0 aromatic rings. The predicted molar refractivity (Wildman–Crippen MR) is 358 cm³/mol. The molecule has 0 spiro atoms. The van der Waals surface area contributed by atoms with Crippen molar-refractivity contribution in [1.29, 1.82) is 0 Å². The molecule has 0 radical (unpaired) electrons. The van der Waals surface area contributed by atoms with Gasteiger partial charge in [-0.25, -0.2) is 4.57 Å². The number of esters is 2. The molecule has 0 aliphatic rings. The first kappa shape index (κ1) is 80.2. The minimum Gasteiger partial charge on any atom is -0.462 e. The van der Waals surface area contributed by atoms with Crippen LogP contribution in [0.5, 0.6) is 0 Å². The second-order valence-corrected chi connectivity index (χ2v) is 24.8. The van der Waals surface area contributed by atoms with Crippen LogP contribution in [0.3, 0.4) is 0 Å². The van der Waals surface area contributed by atoms with Gasteiger partial charge in [-0.2, -0.15) is 0 Å².